The average Bonchev–Trinajstić information content (AvgIpc) is 2.45. The lowest BCUT2D eigenvalue weighted by atomic mass is 9.94. The van der Waals surface area contributed by atoms with Crippen molar-refractivity contribution >= 4 is 17.6 Å². The molecule has 4 heteroatoms. The lowest BCUT2D eigenvalue weighted by molar-refractivity contribution is 0.658. The van der Waals surface area contributed by atoms with Crippen molar-refractivity contribution in [3.8, 4) is 0 Å². The maximum atomic E-state index is 5.92. The Morgan fingerprint density at radius 1 is 1.42 bits per heavy atom. The largest absolute Gasteiger partial charge is 0.356 e. The number of hydrogen-bond acceptors (Lipinski definition) is 4. The Morgan fingerprint density at radius 3 is 2.84 bits per heavy atom. The van der Waals surface area contributed by atoms with Gasteiger partial charge in [0.15, 0.2) is 0 Å². The number of fused-ring (bicyclic) bond motifs is 1. The number of pyridine rings is 1. The van der Waals surface area contributed by atoms with Crippen LogP contribution in [0, 0.1) is 0 Å². The van der Waals surface area contributed by atoms with E-state index in [1.807, 2.05) is 11.8 Å². The third-order valence-corrected chi connectivity index (χ3v) is 4.80. The minimum absolute atomic E-state index is 0.481. The normalized spacial score (nSPS) is 16.0. The van der Waals surface area contributed by atoms with Crippen LogP contribution in [0.4, 0.5) is 5.82 Å². The van der Waals surface area contributed by atoms with E-state index in [0.29, 0.717) is 12.6 Å². The van der Waals surface area contributed by atoms with E-state index >= 15 is 0 Å². The van der Waals surface area contributed by atoms with Crippen molar-refractivity contribution < 1.29 is 0 Å². The fraction of sp³-hybridized carbons (Fsp3) is 0.667. The van der Waals surface area contributed by atoms with Gasteiger partial charge in [0.2, 0.25) is 0 Å². The van der Waals surface area contributed by atoms with E-state index in [9.17, 15) is 0 Å². The molecule has 0 aromatic carbocycles. The molecule has 1 aromatic rings. The first-order chi connectivity index (χ1) is 9.17. The van der Waals surface area contributed by atoms with Gasteiger partial charge < -0.3 is 10.6 Å². The highest BCUT2D eigenvalue weighted by molar-refractivity contribution is 7.98. The van der Waals surface area contributed by atoms with Gasteiger partial charge in [-0.25, -0.2) is 4.98 Å². The maximum absolute atomic E-state index is 5.92. The molecule has 1 aliphatic rings. The van der Waals surface area contributed by atoms with Crippen molar-refractivity contribution in [2.45, 2.75) is 45.2 Å². The van der Waals surface area contributed by atoms with Crippen molar-refractivity contribution in [2.24, 2.45) is 5.73 Å². The molecule has 3 nitrogen and oxygen atoms in total. The van der Waals surface area contributed by atoms with Crippen molar-refractivity contribution in [2.75, 3.05) is 24.0 Å². The molecule has 1 unspecified atom stereocenters. The minimum atomic E-state index is 0.481. The number of hydrogen-bond donors (Lipinski definition) is 1. The number of aryl methyl sites for hydroxylation is 2. The fourth-order valence-corrected chi connectivity index (χ4v) is 3.39. The van der Waals surface area contributed by atoms with Gasteiger partial charge in [0.1, 0.15) is 5.82 Å². The zero-order chi connectivity index (χ0) is 13.8. The van der Waals surface area contributed by atoms with Crippen LogP contribution in [0.5, 0.6) is 0 Å². The highest BCUT2D eigenvalue weighted by Gasteiger charge is 2.19. The molecule has 0 saturated carbocycles. The molecule has 1 heterocycles. The van der Waals surface area contributed by atoms with Gasteiger partial charge in [0.25, 0.3) is 0 Å². The fourth-order valence-electron chi connectivity index (χ4n) is 2.69. The number of aromatic nitrogens is 1. The summed E-state index contributed by atoms with van der Waals surface area (Å²) in [6.07, 6.45) is 6.99. The summed E-state index contributed by atoms with van der Waals surface area (Å²) in [5, 5.41) is 0. The lowest BCUT2D eigenvalue weighted by Gasteiger charge is -2.29. The molecule has 0 bridgehead atoms. The Balaban J connectivity index is 2.32. The molecule has 0 fully saturated rings. The number of nitrogens with two attached hydrogens (primary N) is 1. The highest BCUT2D eigenvalue weighted by atomic mass is 32.2. The molecule has 1 atom stereocenters. The molecule has 106 valence electrons. The monoisotopic (exact) mass is 279 g/mol. The number of rotatable bonds is 5. The van der Waals surface area contributed by atoms with Gasteiger partial charge in [-0.3, -0.25) is 0 Å². The van der Waals surface area contributed by atoms with E-state index in [2.05, 4.69) is 31.2 Å². The second kappa shape index (κ2) is 6.62. The summed E-state index contributed by atoms with van der Waals surface area (Å²) in [5.41, 5.74) is 9.83. The SMILES string of the molecule is CSCC(C)N(C)c1nc2c(cc1CN)CCCC2. The summed E-state index contributed by atoms with van der Waals surface area (Å²) >= 11 is 1.87. The molecule has 1 aromatic heterocycles. The van der Waals surface area contributed by atoms with Crippen LogP contribution in [-0.2, 0) is 19.4 Å². The van der Waals surface area contributed by atoms with Crippen LogP contribution in [0.3, 0.4) is 0 Å². The van der Waals surface area contributed by atoms with E-state index in [4.69, 9.17) is 10.7 Å². The van der Waals surface area contributed by atoms with E-state index in [1.54, 1.807) is 0 Å². The van der Waals surface area contributed by atoms with Crippen LogP contribution in [0.2, 0.25) is 0 Å². The summed E-state index contributed by atoms with van der Waals surface area (Å²) in [6, 6.07) is 2.77. The van der Waals surface area contributed by atoms with Crippen LogP contribution in [0.15, 0.2) is 6.07 Å². The van der Waals surface area contributed by atoms with Gasteiger partial charge in [-0.1, -0.05) is 0 Å². The smallest absolute Gasteiger partial charge is 0.133 e. The van der Waals surface area contributed by atoms with E-state index in [0.717, 1.165) is 18.0 Å². The van der Waals surface area contributed by atoms with E-state index < -0.39 is 0 Å². The Bertz CT molecular complexity index is 434. The Morgan fingerprint density at radius 2 is 2.16 bits per heavy atom. The average molecular weight is 279 g/mol. The quantitative estimate of drug-likeness (QED) is 0.899. The number of nitrogens with zero attached hydrogens (tertiary/aromatic N) is 2. The first kappa shape index (κ1) is 14.7. The molecule has 0 amide bonds. The van der Waals surface area contributed by atoms with Gasteiger partial charge in [-0.15, -0.1) is 0 Å². The van der Waals surface area contributed by atoms with Crippen LogP contribution in [-0.4, -0.2) is 30.1 Å². The van der Waals surface area contributed by atoms with Crippen molar-refractivity contribution in [1.82, 2.24) is 4.98 Å². The lowest BCUT2D eigenvalue weighted by Crippen LogP contribution is -2.33. The first-order valence-electron chi connectivity index (χ1n) is 7.11. The zero-order valence-electron chi connectivity index (χ0n) is 12.3. The van der Waals surface area contributed by atoms with Crippen LogP contribution >= 0.6 is 11.8 Å². The van der Waals surface area contributed by atoms with Crippen molar-refractivity contribution in [3.05, 3.63) is 22.9 Å². The molecule has 2 rings (SSSR count). The van der Waals surface area contributed by atoms with Gasteiger partial charge in [0, 0.05) is 36.6 Å². The summed E-state index contributed by atoms with van der Waals surface area (Å²) < 4.78 is 0. The van der Waals surface area contributed by atoms with Gasteiger partial charge in [-0.2, -0.15) is 11.8 Å². The van der Waals surface area contributed by atoms with E-state index in [1.165, 1.54) is 36.1 Å². The summed E-state index contributed by atoms with van der Waals surface area (Å²) in [4.78, 5) is 7.21. The third kappa shape index (κ3) is 3.23. The molecule has 0 saturated heterocycles. The molecule has 0 aliphatic heterocycles. The number of thioether (sulfide) groups is 1. The minimum Gasteiger partial charge on any atom is -0.356 e. The molecule has 0 spiro atoms. The molecule has 19 heavy (non-hydrogen) atoms. The zero-order valence-corrected chi connectivity index (χ0v) is 13.1. The summed E-state index contributed by atoms with van der Waals surface area (Å²) in [6.45, 7) is 2.82. The van der Waals surface area contributed by atoms with Crippen LogP contribution < -0.4 is 10.6 Å². The first-order valence-corrected chi connectivity index (χ1v) is 8.50. The molecular formula is C15H25N3S. The van der Waals surface area contributed by atoms with Crippen LogP contribution in [0.25, 0.3) is 0 Å². The summed E-state index contributed by atoms with van der Waals surface area (Å²) in [5.74, 6) is 2.20. The predicted molar refractivity (Wildman–Crippen MR) is 85.0 cm³/mol. The van der Waals surface area contributed by atoms with Crippen LogP contribution in [0.1, 0.15) is 36.6 Å². The Hall–Kier alpha value is -0.740. The Kier molecular flexibility index (Phi) is 5.11. The van der Waals surface area contributed by atoms with Crippen molar-refractivity contribution in [3.63, 3.8) is 0 Å². The van der Waals surface area contributed by atoms with Gasteiger partial charge >= 0.3 is 0 Å². The van der Waals surface area contributed by atoms with Gasteiger partial charge in [0.05, 0.1) is 0 Å². The number of anilines is 1. The standard InChI is InChI=1S/C15H25N3S/c1-11(10-19-3)18(2)15-13(9-16)8-12-6-4-5-7-14(12)17-15/h8,11H,4-7,9-10,16H2,1-3H3. The topological polar surface area (TPSA) is 42.2 Å². The van der Waals surface area contributed by atoms with E-state index in [-0.39, 0.29) is 0 Å². The third-order valence-electron chi connectivity index (χ3n) is 3.98. The van der Waals surface area contributed by atoms with Gasteiger partial charge in [-0.05, 0) is 50.5 Å². The molecular weight excluding hydrogens is 254 g/mol. The molecule has 2 N–H and O–H groups in total. The highest BCUT2D eigenvalue weighted by Crippen LogP contribution is 2.27. The van der Waals surface area contributed by atoms with Crippen molar-refractivity contribution in [1.29, 1.82) is 0 Å². The molecule has 0 radical (unpaired) electrons. The maximum Gasteiger partial charge on any atom is 0.133 e. The Labute approximate surface area is 121 Å². The second-order valence-corrected chi connectivity index (χ2v) is 6.31. The predicted octanol–water partition coefficient (Wildman–Crippen LogP) is 2.61. The molecule has 1 aliphatic carbocycles. The summed E-state index contributed by atoms with van der Waals surface area (Å²) in [7, 11) is 2.14. The second-order valence-electron chi connectivity index (χ2n) is 5.40.